The Morgan fingerprint density at radius 2 is 2.03 bits per heavy atom. The van der Waals surface area contributed by atoms with Crippen LogP contribution in [0.25, 0.3) is 22.7 Å². The minimum absolute atomic E-state index is 0.0598. The average Bonchev–Trinajstić information content (AvgIpc) is 3.38. The molecule has 33 heavy (non-hydrogen) atoms. The number of halogens is 1. The minimum Gasteiger partial charge on any atom is -0.310 e. The molecule has 9 nitrogen and oxygen atoms in total. The number of fused-ring (bicyclic) bond motifs is 1. The number of aromatic nitrogens is 6. The fourth-order valence-corrected chi connectivity index (χ4v) is 4.59. The van der Waals surface area contributed by atoms with E-state index in [1.807, 2.05) is 13.0 Å². The highest BCUT2D eigenvalue weighted by atomic mass is 35.5. The summed E-state index contributed by atoms with van der Waals surface area (Å²) in [6, 6.07) is 8.89. The first-order chi connectivity index (χ1) is 16.0. The molecule has 170 valence electrons. The Hall–Kier alpha value is -3.46. The highest BCUT2D eigenvalue weighted by Gasteiger charge is 2.20. The van der Waals surface area contributed by atoms with Crippen LogP contribution in [-0.4, -0.2) is 35.4 Å². The van der Waals surface area contributed by atoms with Gasteiger partial charge in [0.15, 0.2) is 5.65 Å². The van der Waals surface area contributed by atoms with Crippen LogP contribution in [0.15, 0.2) is 41.3 Å². The van der Waals surface area contributed by atoms with Crippen molar-refractivity contribution in [2.75, 3.05) is 5.32 Å². The van der Waals surface area contributed by atoms with E-state index in [0.717, 1.165) is 12.8 Å². The summed E-state index contributed by atoms with van der Waals surface area (Å²) in [6.45, 7) is 1.82. The molecule has 0 spiro atoms. The Balaban J connectivity index is 1.50. The first-order valence-corrected chi connectivity index (χ1v) is 11.5. The molecule has 3 heterocycles. The van der Waals surface area contributed by atoms with Gasteiger partial charge in [-0.15, -0.1) is 0 Å². The molecular weight excluding hydrogens is 442 g/mol. The van der Waals surface area contributed by atoms with Gasteiger partial charge in [0.05, 0.1) is 17.6 Å². The van der Waals surface area contributed by atoms with Crippen molar-refractivity contribution in [1.29, 1.82) is 0 Å². The quantitative estimate of drug-likeness (QED) is 0.459. The molecule has 3 aromatic heterocycles. The molecule has 2 N–H and O–H groups in total. The number of H-pyrrole nitrogens is 1. The Kier molecular flexibility index (Phi) is 5.72. The lowest BCUT2D eigenvalue weighted by Crippen LogP contribution is -2.21. The number of carbonyl (C=O) groups is 1. The van der Waals surface area contributed by atoms with E-state index in [0.29, 0.717) is 45.6 Å². The number of rotatable bonds is 5. The third-order valence-electron chi connectivity index (χ3n) is 5.98. The highest BCUT2D eigenvalue weighted by Crippen LogP contribution is 2.27. The summed E-state index contributed by atoms with van der Waals surface area (Å²) in [5.41, 5.74) is 1.38. The summed E-state index contributed by atoms with van der Waals surface area (Å²) in [5, 5.41) is 12.6. The molecule has 0 unspecified atom stereocenters. The topological polar surface area (TPSA) is 110 Å². The molecule has 1 saturated carbocycles. The molecule has 1 aliphatic carbocycles. The lowest BCUT2D eigenvalue weighted by molar-refractivity contribution is -0.117. The van der Waals surface area contributed by atoms with Gasteiger partial charge in [-0.25, -0.2) is 4.68 Å². The molecule has 1 aromatic carbocycles. The fourth-order valence-electron chi connectivity index (χ4n) is 4.40. The van der Waals surface area contributed by atoms with Gasteiger partial charge >= 0.3 is 0 Å². The number of hydrogen-bond donors (Lipinski definition) is 2. The molecular formula is C23H24ClN7O2. The van der Waals surface area contributed by atoms with Crippen molar-refractivity contribution in [1.82, 2.24) is 29.5 Å². The first-order valence-electron chi connectivity index (χ1n) is 11.1. The van der Waals surface area contributed by atoms with E-state index in [2.05, 4.69) is 25.5 Å². The van der Waals surface area contributed by atoms with Crippen LogP contribution < -0.4 is 10.9 Å². The van der Waals surface area contributed by atoms with Crippen LogP contribution in [0.2, 0.25) is 5.02 Å². The molecule has 0 atom stereocenters. The van der Waals surface area contributed by atoms with Gasteiger partial charge in [-0.3, -0.25) is 14.6 Å². The molecule has 4 aromatic rings. The van der Waals surface area contributed by atoms with Gasteiger partial charge in [-0.2, -0.15) is 19.9 Å². The molecule has 5 rings (SSSR count). The maximum atomic E-state index is 12.8. The van der Waals surface area contributed by atoms with E-state index in [1.165, 1.54) is 30.1 Å². The predicted octanol–water partition coefficient (Wildman–Crippen LogP) is 4.17. The second-order valence-electron chi connectivity index (χ2n) is 8.50. The highest BCUT2D eigenvalue weighted by molar-refractivity contribution is 6.30. The number of amides is 1. The predicted molar refractivity (Wildman–Crippen MR) is 126 cm³/mol. The van der Waals surface area contributed by atoms with Crippen LogP contribution in [0.3, 0.4) is 0 Å². The molecule has 0 radical (unpaired) electrons. The number of aromatic amines is 1. The number of aryl methyl sites for hydroxylation is 1. The van der Waals surface area contributed by atoms with E-state index in [4.69, 9.17) is 11.6 Å². The summed E-state index contributed by atoms with van der Waals surface area (Å²) < 4.78 is 3.00. The molecule has 0 bridgehead atoms. The second-order valence-corrected chi connectivity index (χ2v) is 8.94. The normalized spacial score (nSPS) is 14.6. The van der Waals surface area contributed by atoms with Gasteiger partial charge in [-0.05, 0) is 43.9 Å². The monoisotopic (exact) mass is 465 g/mol. The molecule has 10 heteroatoms. The Labute approximate surface area is 194 Å². The van der Waals surface area contributed by atoms with Crippen molar-refractivity contribution >= 4 is 34.4 Å². The standard InChI is InChI=1S/C23H24ClN7O2/c1-14-10-19(26-20(32)11-15-6-3-2-4-7-15)31(29-14)23-27-21-18(22(33)28-23)13-25-30(21)17-9-5-8-16(24)12-17/h5,8-10,12-13,15H,2-4,6-7,11H2,1H3,(H,26,32)(H,27,28,33). The maximum absolute atomic E-state index is 12.8. The zero-order chi connectivity index (χ0) is 22.9. The van der Waals surface area contributed by atoms with Crippen LogP contribution in [0.5, 0.6) is 0 Å². The SMILES string of the molecule is Cc1cc(NC(=O)CC2CCCCC2)n(-c2nc3c(cnn3-c3cccc(Cl)c3)c(=O)[nH]2)n1. The fraction of sp³-hybridized carbons (Fsp3) is 0.348. The Bertz CT molecular complexity index is 1380. The van der Waals surface area contributed by atoms with Crippen molar-refractivity contribution in [3.05, 3.63) is 57.6 Å². The van der Waals surface area contributed by atoms with Crippen LogP contribution in [0.4, 0.5) is 5.82 Å². The maximum Gasteiger partial charge on any atom is 0.263 e. The number of nitrogens with zero attached hydrogens (tertiary/aromatic N) is 5. The average molecular weight is 466 g/mol. The largest absolute Gasteiger partial charge is 0.310 e. The molecule has 0 saturated heterocycles. The van der Waals surface area contributed by atoms with Gasteiger partial charge in [0.1, 0.15) is 11.2 Å². The molecule has 0 aliphatic heterocycles. The van der Waals surface area contributed by atoms with Crippen LogP contribution in [-0.2, 0) is 4.79 Å². The second kappa shape index (κ2) is 8.82. The van der Waals surface area contributed by atoms with Crippen LogP contribution in [0.1, 0.15) is 44.2 Å². The molecule has 1 fully saturated rings. The Morgan fingerprint density at radius 1 is 1.21 bits per heavy atom. The van der Waals surface area contributed by atoms with Crippen molar-refractivity contribution in [2.24, 2.45) is 5.92 Å². The molecule has 1 aliphatic rings. The zero-order valence-electron chi connectivity index (χ0n) is 18.2. The number of carbonyl (C=O) groups excluding carboxylic acids is 1. The van der Waals surface area contributed by atoms with Crippen molar-refractivity contribution in [3.63, 3.8) is 0 Å². The van der Waals surface area contributed by atoms with Crippen molar-refractivity contribution < 1.29 is 4.79 Å². The van der Waals surface area contributed by atoms with Crippen LogP contribution >= 0.6 is 11.6 Å². The van der Waals surface area contributed by atoms with Crippen LogP contribution in [0, 0.1) is 12.8 Å². The van der Waals surface area contributed by atoms with E-state index in [-0.39, 0.29) is 17.4 Å². The minimum atomic E-state index is -0.351. The van der Waals surface area contributed by atoms with Gasteiger partial charge < -0.3 is 5.32 Å². The van der Waals surface area contributed by atoms with Gasteiger partial charge in [-0.1, -0.05) is 36.9 Å². The van der Waals surface area contributed by atoms with Gasteiger partial charge in [0, 0.05) is 17.5 Å². The summed E-state index contributed by atoms with van der Waals surface area (Å²) in [5.74, 6) is 1.01. The first kappa shape index (κ1) is 21.4. The van der Waals surface area contributed by atoms with Crippen molar-refractivity contribution in [2.45, 2.75) is 45.4 Å². The lowest BCUT2D eigenvalue weighted by atomic mass is 9.87. The van der Waals surface area contributed by atoms with E-state index < -0.39 is 0 Å². The van der Waals surface area contributed by atoms with E-state index >= 15 is 0 Å². The summed E-state index contributed by atoms with van der Waals surface area (Å²) in [6.07, 6.45) is 7.73. The smallest absolute Gasteiger partial charge is 0.263 e. The van der Waals surface area contributed by atoms with Gasteiger partial charge in [0.25, 0.3) is 5.56 Å². The third kappa shape index (κ3) is 4.41. The van der Waals surface area contributed by atoms with E-state index in [1.54, 1.807) is 28.9 Å². The number of nitrogens with one attached hydrogen (secondary N) is 2. The lowest BCUT2D eigenvalue weighted by Gasteiger charge is -2.20. The molecule has 1 amide bonds. The zero-order valence-corrected chi connectivity index (χ0v) is 19.0. The number of benzene rings is 1. The number of hydrogen-bond acceptors (Lipinski definition) is 5. The number of anilines is 1. The Morgan fingerprint density at radius 3 is 2.82 bits per heavy atom. The van der Waals surface area contributed by atoms with E-state index in [9.17, 15) is 9.59 Å². The van der Waals surface area contributed by atoms with Crippen molar-refractivity contribution in [3.8, 4) is 11.6 Å². The van der Waals surface area contributed by atoms with Gasteiger partial charge in [0.2, 0.25) is 11.9 Å². The summed E-state index contributed by atoms with van der Waals surface area (Å²) in [4.78, 5) is 32.9. The summed E-state index contributed by atoms with van der Waals surface area (Å²) in [7, 11) is 0. The summed E-state index contributed by atoms with van der Waals surface area (Å²) >= 11 is 6.13. The third-order valence-corrected chi connectivity index (χ3v) is 6.21.